The van der Waals surface area contributed by atoms with Crippen molar-refractivity contribution in [3.8, 4) is 0 Å². The van der Waals surface area contributed by atoms with Crippen molar-refractivity contribution in [2.24, 2.45) is 5.73 Å². The standard InChI is InChI=1S/C24H22F2N4O2/c25-19-12-7-13-20(26)18(19)15-21-23(31)29(22(27)14-16-8-3-1-4-9-16)24(32)30(28-21)17-10-5-2-6-11-17/h1-13,21-22,28H,14-15,27H2. The minimum absolute atomic E-state index is 0.238. The lowest BCUT2D eigenvalue weighted by Crippen LogP contribution is -2.70. The van der Waals surface area contributed by atoms with Crippen LogP contribution in [0, 0.1) is 11.6 Å². The Kier molecular flexibility index (Phi) is 6.25. The maximum atomic E-state index is 14.3. The first kappa shape index (κ1) is 21.6. The monoisotopic (exact) mass is 436 g/mol. The van der Waals surface area contributed by atoms with Crippen LogP contribution in [-0.2, 0) is 17.6 Å². The molecule has 0 aromatic heterocycles. The number of nitrogens with one attached hydrogen (secondary N) is 1. The molecule has 0 aliphatic carbocycles. The molecule has 0 saturated carbocycles. The fourth-order valence-electron chi connectivity index (χ4n) is 3.71. The highest BCUT2D eigenvalue weighted by atomic mass is 19.1. The number of carbonyl (C=O) groups is 2. The van der Waals surface area contributed by atoms with Crippen molar-refractivity contribution in [3.05, 3.63) is 102 Å². The molecule has 8 heteroatoms. The Labute approximate surface area is 184 Å². The van der Waals surface area contributed by atoms with E-state index >= 15 is 0 Å². The fourth-order valence-corrected chi connectivity index (χ4v) is 3.71. The number of imide groups is 1. The number of nitrogens with zero attached hydrogens (tertiary/aromatic N) is 2. The van der Waals surface area contributed by atoms with Gasteiger partial charge < -0.3 is 5.73 Å². The summed E-state index contributed by atoms with van der Waals surface area (Å²) < 4.78 is 28.5. The lowest BCUT2D eigenvalue weighted by Gasteiger charge is -2.41. The number of carbonyl (C=O) groups excluding carboxylic acids is 2. The Morgan fingerprint density at radius 1 is 0.875 bits per heavy atom. The third-order valence-corrected chi connectivity index (χ3v) is 5.32. The molecule has 6 nitrogen and oxygen atoms in total. The molecule has 1 aliphatic heterocycles. The lowest BCUT2D eigenvalue weighted by molar-refractivity contribution is -0.133. The molecular formula is C24H22F2N4O2. The van der Waals surface area contributed by atoms with E-state index in [0.29, 0.717) is 5.69 Å². The molecule has 164 valence electrons. The van der Waals surface area contributed by atoms with Gasteiger partial charge >= 0.3 is 6.03 Å². The quantitative estimate of drug-likeness (QED) is 0.621. The number of amides is 3. The van der Waals surface area contributed by atoms with Crippen LogP contribution in [0.2, 0.25) is 0 Å². The molecule has 1 heterocycles. The Bertz CT molecular complexity index is 1090. The summed E-state index contributed by atoms with van der Waals surface area (Å²) in [4.78, 5) is 27.5. The topological polar surface area (TPSA) is 78.7 Å². The molecule has 2 unspecified atom stereocenters. The van der Waals surface area contributed by atoms with Crippen LogP contribution in [0.25, 0.3) is 0 Å². The first-order valence-electron chi connectivity index (χ1n) is 10.2. The first-order chi connectivity index (χ1) is 15.5. The third kappa shape index (κ3) is 4.37. The van der Waals surface area contributed by atoms with Crippen molar-refractivity contribution in [3.63, 3.8) is 0 Å². The summed E-state index contributed by atoms with van der Waals surface area (Å²) in [5.41, 5.74) is 10.2. The molecule has 3 N–H and O–H groups in total. The zero-order chi connectivity index (χ0) is 22.7. The second-order valence-electron chi connectivity index (χ2n) is 7.50. The van der Waals surface area contributed by atoms with Crippen LogP contribution in [-0.4, -0.2) is 29.0 Å². The molecule has 4 rings (SSSR count). The Balaban J connectivity index is 1.67. The predicted octanol–water partition coefficient (Wildman–Crippen LogP) is 3.38. The Morgan fingerprint density at radius 3 is 2.09 bits per heavy atom. The number of hydrazine groups is 1. The molecule has 32 heavy (non-hydrogen) atoms. The van der Waals surface area contributed by atoms with E-state index in [4.69, 9.17) is 5.73 Å². The summed E-state index contributed by atoms with van der Waals surface area (Å²) in [6.07, 6.45) is -1.01. The molecule has 3 aromatic rings. The van der Waals surface area contributed by atoms with E-state index < -0.39 is 35.8 Å². The van der Waals surface area contributed by atoms with Gasteiger partial charge in [-0.1, -0.05) is 54.6 Å². The fraction of sp³-hybridized carbons (Fsp3) is 0.167. The van der Waals surface area contributed by atoms with E-state index in [1.807, 2.05) is 30.3 Å². The number of para-hydroxylation sites is 1. The molecule has 1 fully saturated rings. The molecule has 2 atom stereocenters. The van der Waals surface area contributed by atoms with Crippen LogP contribution >= 0.6 is 0 Å². The molecule has 3 amide bonds. The van der Waals surface area contributed by atoms with Crippen molar-refractivity contribution < 1.29 is 18.4 Å². The number of rotatable bonds is 6. The average Bonchev–Trinajstić information content (AvgIpc) is 2.79. The summed E-state index contributed by atoms with van der Waals surface area (Å²) in [6.45, 7) is 0. The number of halogens is 2. The van der Waals surface area contributed by atoms with E-state index in [2.05, 4.69) is 5.43 Å². The van der Waals surface area contributed by atoms with Gasteiger partial charge in [0.1, 0.15) is 17.7 Å². The van der Waals surface area contributed by atoms with Gasteiger partial charge in [-0.25, -0.2) is 28.9 Å². The SMILES string of the molecule is NC(Cc1ccccc1)N1C(=O)C(Cc2c(F)cccc2F)NN(c2ccccc2)C1=O. The molecular weight excluding hydrogens is 414 g/mol. The first-order valence-corrected chi connectivity index (χ1v) is 10.2. The summed E-state index contributed by atoms with van der Waals surface area (Å²) >= 11 is 0. The second-order valence-corrected chi connectivity index (χ2v) is 7.50. The van der Waals surface area contributed by atoms with Crippen molar-refractivity contribution >= 4 is 17.6 Å². The zero-order valence-electron chi connectivity index (χ0n) is 17.1. The summed E-state index contributed by atoms with van der Waals surface area (Å²) in [7, 11) is 0. The highest BCUT2D eigenvalue weighted by Gasteiger charge is 2.42. The van der Waals surface area contributed by atoms with E-state index in [9.17, 15) is 18.4 Å². The van der Waals surface area contributed by atoms with Gasteiger partial charge in [0.25, 0.3) is 5.91 Å². The van der Waals surface area contributed by atoms with E-state index in [-0.39, 0.29) is 18.4 Å². The van der Waals surface area contributed by atoms with Gasteiger partial charge in [-0.05, 0) is 29.8 Å². The lowest BCUT2D eigenvalue weighted by atomic mass is 10.0. The van der Waals surface area contributed by atoms with Gasteiger partial charge in [0.15, 0.2) is 0 Å². The highest BCUT2D eigenvalue weighted by molar-refractivity contribution is 6.07. The normalized spacial score (nSPS) is 17.5. The number of hydrogen-bond donors (Lipinski definition) is 2. The largest absolute Gasteiger partial charge is 0.347 e. The number of hydrogen-bond acceptors (Lipinski definition) is 4. The predicted molar refractivity (Wildman–Crippen MR) is 116 cm³/mol. The smallest absolute Gasteiger partial charge is 0.310 e. The second kappa shape index (κ2) is 9.25. The van der Waals surface area contributed by atoms with Gasteiger partial charge in [-0.15, -0.1) is 0 Å². The van der Waals surface area contributed by atoms with Crippen LogP contribution in [0.5, 0.6) is 0 Å². The van der Waals surface area contributed by atoms with E-state index in [1.165, 1.54) is 11.1 Å². The highest BCUT2D eigenvalue weighted by Crippen LogP contribution is 2.23. The van der Waals surface area contributed by atoms with Gasteiger partial charge in [0.2, 0.25) is 0 Å². The maximum absolute atomic E-state index is 14.3. The average molecular weight is 436 g/mol. The van der Waals surface area contributed by atoms with Crippen molar-refractivity contribution in [1.82, 2.24) is 10.3 Å². The van der Waals surface area contributed by atoms with Crippen LogP contribution in [0.4, 0.5) is 19.3 Å². The van der Waals surface area contributed by atoms with Crippen LogP contribution in [0.15, 0.2) is 78.9 Å². The van der Waals surface area contributed by atoms with Gasteiger partial charge in [-0.2, -0.15) is 0 Å². The van der Waals surface area contributed by atoms with Gasteiger partial charge in [-0.3, -0.25) is 4.79 Å². The van der Waals surface area contributed by atoms with Crippen molar-refractivity contribution in [2.45, 2.75) is 25.0 Å². The van der Waals surface area contributed by atoms with Crippen molar-refractivity contribution in [2.75, 3.05) is 5.01 Å². The molecule has 0 spiro atoms. The minimum atomic E-state index is -1.10. The summed E-state index contributed by atoms with van der Waals surface area (Å²) in [6, 6.07) is 19.6. The Hall–Kier alpha value is -3.62. The third-order valence-electron chi connectivity index (χ3n) is 5.32. The van der Waals surface area contributed by atoms with Crippen LogP contribution < -0.4 is 16.2 Å². The zero-order valence-corrected chi connectivity index (χ0v) is 17.1. The number of urea groups is 1. The molecule has 0 bridgehead atoms. The van der Waals surface area contributed by atoms with Crippen LogP contribution in [0.3, 0.4) is 0 Å². The van der Waals surface area contributed by atoms with Gasteiger partial charge in [0, 0.05) is 18.4 Å². The van der Waals surface area contributed by atoms with E-state index in [0.717, 1.165) is 22.6 Å². The van der Waals surface area contributed by atoms with Crippen molar-refractivity contribution in [1.29, 1.82) is 0 Å². The summed E-state index contributed by atoms with van der Waals surface area (Å²) in [5.74, 6) is -2.17. The number of anilines is 1. The molecule has 1 aliphatic rings. The van der Waals surface area contributed by atoms with Crippen LogP contribution in [0.1, 0.15) is 11.1 Å². The molecule has 1 saturated heterocycles. The minimum Gasteiger partial charge on any atom is -0.310 e. The van der Waals surface area contributed by atoms with Gasteiger partial charge in [0.05, 0.1) is 11.9 Å². The Morgan fingerprint density at radius 2 is 1.47 bits per heavy atom. The van der Waals surface area contributed by atoms with E-state index in [1.54, 1.807) is 30.3 Å². The number of benzene rings is 3. The summed E-state index contributed by atoms with van der Waals surface area (Å²) in [5, 5.41) is 1.19. The molecule has 0 radical (unpaired) electrons. The number of nitrogens with two attached hydrogens (primary N) is 1. The molecule has 3 aromatic carbocycles. The maximum Gasteiger partial charge on any atom is 0.347 e.